The van der Waals surface area contributed by atoms with E-state index in [-0.39, 0.29) is 11.5 Å². The topological polar surface area (TPSA) is 74.7 Å². The average molecular weight is 397 g/mol. The minimum absolute atomic E-state index is 0.152. The highest BCUT2D eigenvalue weighted by Crippen LogP contribution is 2.19. The van der Waals surface area contributed by atoms with Crippen molar-refractivity contribution in [1.29, 1.82) is 0 Å². The van der Waals surface area contributed by atoms with Crippen LogP contribution in [0.4, 0.5) is 0 Å². The van der Waals surface area contributed by atoms with Crippen LogP contribution in [0.5, 0.6) is 0 Å². The fourth-order valence-electron chi connectivity index (χ4n) is 3.86. The van der Waals surface area contributed by atoms with Crippen LogP contribution in [0.2, 0.25) is 0 Å². The van der Waals surface area contributed by atoms with E-state index in [1.807, 2.05) is 50.4 Å². The summed E-state index contributed by atoms with van der Waals surface area (Å²) in [6, 6.07) is 18.3. The van der Waals surface area contributed by atoms with E-state index in [1.165, 1.54) is 0 Å². The lowest BCUT2D eigenvalue weighted by Gasteiger charge is -2.05. The van der Waals surface area contributed by atoms with Gasteiger partial charge < -0.3 is 4.57 Å². The van der Waals surface area contributed by atoms with Crippen LogP contribution in [0.1, 0.15) is 23.1 Å². The zero-order chi connectivity index (χ0) is 20.8. The molecule has 0 saturated carbocycles. The summed E-state index contributed by atoms with van der Waals surface area (Å²) in [7, 11) is 1.84. The molecule has 0 fully saturated rings. The largest absolute Gasteiger partial charge is 0.334 e. The average Bonchev–Trinajstić information content (AvgIpc) is 3.27. The smallest absolute Gasteiger partial charge is 0.324 e. The van der Waals surface area contributed by atoms with Crippen LogP contribution in [0.15, 0.2) is 71.7 Å². The van der Waals surface area contributed by atoms with Crippen molar-refractivity contribution in [3.63, 3.8) is 0 Å². The highest BCUT2D eigenvalue weighted by Gasteiger charge is 2.18. The molecule has 3 heterocycles. The first-order chi connectivity index (χ1) is 14.6. The number of fused-ring (bicyclic) bond motifs is 2. The Morgan fingerprint density at radius 2 is 1.70 bits per heavy atom. The number of carbonyl (C=O) groups excluding carboxylic acids is 1. The number of carbonyl (C=O) groups is 1. The van der Waals surface area contributed by atoms with E-state index < -0.39 is 0 Å². The van der Waals surface area contributed by atoms with Crippen molar-refractivity contribution in [2.45, 2.75) is 13.5 Å². The number of benzene rings is 2. The number of rotatable bonds is 4. The molecule has 0 aliphatic rings. The molecule has 0 N–H and O–H groups in total. The van der Waals surface area contributed by atoms with Crippen molar-refractivity contribution < 1.29 is 4.79 Å². The Balaban J connectivity index is 1.58. The number of pyridine rings is 1. The summed E-state index contributed by atoms with van der Waals surface area (Å²) in [6.07, 6.45) is 1.67. The van der Waals surface area contributed by atoms with Crippen LogP contribution in [0, 0.1) is 0 Å². The number of hydrogen-bond acceptors (Lipinski definition) is 4. The van der Waals surface area contributed by atoms with Gasteiger partial charge in [-0.1, -0.05) is 12.1 Å². The van der Waals surface area contributed by atoms with Gasteiger partial charge in [-0.25, -0.2) is 19.3 Å². The molecule has 0 atom stereocenters. The fraction of sp³-hybridized carbons (Fsp3) is 0.130. The Kier molecular flexibility index (Phi) is 4.10. The SMILES string of the molecule is CCn1c(=O)n(-c2ccc(C(=O)c3nc4ccccc4n3C)cc2)c2ncccc21. The molecule has 3 aromatic heterocycles. The maximum Gasteiger partial charge on any atom is 0.334 e. The van der Waals surface area contributed by atoms with Crippen molar-refractivity contribution in [2.75, 3.05) is 0 Å². The molecule has 5 aromatic rings. The third-order valence-corrected chi connectivity index (χ3v) is 5.39. The first-order valence-electron chi connectivity index (χ1n) is 9.73. The van der Waals surface area contributed by atoms with E-state index in [4.69, 9.17) is 0 Å². The molecule has 5 rings (SSSR count). The van der Waals surface area contributed by atoms with E-state index in [9.17, 15) is 9.59 Å². The highest BCUT2D eigenvalue weighted by molar-refractivity contribution is 6.08. The van der Waals surface area contributed by atoms with Gasteiger partial charge >= 0.3 is 5.69 Å². The minimum Gasteiger partial charge on any atom is -0.324 e. The van der Waals surface area contributed by atoms with E-state index >= 15 is 0 Å². The Hall–Kier alpha value is -4.00. The number of nitrogens with zero attached hydrogens (tertiary/aromatic N) is 5. The predicted molar refractivity (Wildman–Crippen MR) is 115 cm³/mol. The molecule has 0 bridgehead atoms. The van der Waals surface area contributed by atoms with Gasteiger partial charge in [-0.3, -0.25) is 9.36 Å². The zero-order valence-corrected chi connectivity index (χ0v) is 16.6. The van der Waals surface area contributed by atoms with Gasteiger partial charge in [0.15, 0.2) is 11.5 Å². The molecule has 0 unspecified atom stereocenters. The molecular formula is C23H19N5O2. The van der Waals surface area contributed by atoms with Gasteiger partial charge in [0.05, 0.1) is 22.2 Å². The second-order valence-corrected chi connectivity index (χ2v) is 7.07. The normalized spacial score (nSPS) is 11.4. The molecule has 2 aromatic carbocycles. The molecule has 0 amide bonds. The van der Waals surface area contributed by atoms with Gasteiger partial charge in [-0.05, 0) is 55.5 Å². The molecule has 148 valence electrons. The molecule has 0 saturated heterocycles. The first-order valence-corrected chi connectivity index (χ1v) is 9.73. The van der Waals surface area contributed by atoms with Crippen LogP contribution in [0.25, 0.3) is 27.9 Å². The van der Waals surface area contributed by atoms with Gasteiger partial charge in [0.1, 0.15) is 0 Å². The van der Waals surface area contributed by atoms with Crippen LogP contribution >= 0.6 is 0 Å². The third kappa shape index (κ3) is 2.59. The summed E-state index contributed by atoms with van der Waals surface area (Å²) in [5, 5.41) is 0. The summed E-state index contributed by atoms with van der Waals surface area (Å²) < 4.78 is 5.05. The number of aryl methyl sites for hydroxylation is 2. The van der Waals surface area contributed by atoms with E-state index in [1.54, 1.807) is 44.2 Å². The summed E-state index contributed by atoms with van der Waals surface area (Å²) in [4.78, 5) is 34.8. The number of aromatic nitrogens is 5. The number of para-hydroxylation sites is 2. The van der Waals surface area contributed by atoms with Crippen LogP contribution in [-0.2, 0) is 13.6 Å². The van der Waals surface area contributed by atoms with Crippen LogP contribution in [-0.4, -0.2) is 29.5 Å². The second kappa shape index (κ2) is 6.81. The molecule has 7 nitrogen and oxygen atoms in total. The molecule has 0 aliphatic carbocycles. The summed E-state index contributed by atoms with van der Waals surface area (Å²) in [5.74, 6) is 0.215. The van der Waals surface area contributed by atoms with Gasteiger partial charge in [-0.15, -0.1) is 0 Å². The monoisotopic (exact) mass is 397 g/mol. The second-order valence-electron chi connectivity index (χ2n) is 7.07. The van der Waals surface area contributed by atoms with Gasteiger partial charge in [0, 0.05) is 25.4 Å². The lowest BCUT2D eigenvalue weighted by atomic mass is 10.1. The molecule has 30 heavy (non-hydrogen) atoms. The fourth-order valence-corrected chi connectivity index (χ4v) is 3.86. The Bertz CT molecular complexity index is 1470. The lowest BCUT2D eigenvalue weighted by molar-refractivity contribution is 0.102. The van der Waals surface area contributed by atoms with Gasteiger partial charge in [0.25, 0.3) is 0 Å². The highest BCUT2D eigenvalue weighted by atomic mass is 16.2. The Morgan fingerprint density at radius 3 is 2.43 bits per heavy atom. The van der Waals surface area contributed by atoms with Crippen molar-refractivity contribution in [1.82, 2.24) is 23.7 Å². The van der Waals surface area contributed by atoms with E-state index in [0.29, 0.717) is 29.3 Å². The number of imidazole rings is 2. The zero-order valence-electron chi connectivity index (χ0n) is 16.6. The van der Waals surface area contributed by atoms with Gasteiger partial charge in [-0.2, -0.15) is 0 Å². The quantitative estimate of drug-likeness (QED) is 0.436. The van der Waals surface area contributed by atoms with Crippen molar-refractivity contribution in [2.24, 2.45) is 7.05 Å². The Labute approximate surface area is 171 Å². The third-order valence-electron chi connectivity index (χ3n) is 5.39. The predicted octanol–water partition coefficient (Wildman–Crippen LogP) is 3.32. The summed E-state index contributed by atoms with van der Waals surface area (Å²) in [5.41, 5.74) is 4.09. The minimum atomic E-state index is -0.165. The molecule has 7 heteroatoms. The summed E-state index contributed by atoms with van der Waals surface area (Å²) in [6.45, 7) is 2.48. The van der Waals surface area contributed by atoms with Crippen molar-refractivity contribution in [3.05, 3.63) is 88.7 Å². The van der Waals surface area contributed by atoms with Gasteiger partial charge in [0.2, 0.25) is 5.78 Å². The molecule has 0 radical (unpaired) electrons. The van der Waals surface area contributed by atoms with E-state index in [2.05, 4.69) is 9.97 Å². The summed E-state index contributed by atoms with van der Waals surface area (Å²) >= 11 is 0. The standard InChI is InChI=1S/C23H19N5O2/c1-3-27-19-9-6-14-24-21(19)28(23(27)30)16-12-10-15(11-13-16)20(29)22-25-17-7-4-5-8-18(17)26(22)2/h4-14H,3H2,1-2H3. The number of hydrogen-bond donors (Lipinski definition) is 0. The molecule has 0 aliphatic heterocycles. The maximum absolute atomic E-state index is 13.0. The first kappa shape index (κ1) is 18.1. The van der Waals surface area contributed by atoms with Crippen molar-refractivity contribution in [3.8, 4) is 5.69 Å². The molecular weight excluding hydrogens is 378 g/mol. The van der Waals surface area contributed by atoms with Crippen molar-refractivity contribution >= 4 is 28.0 Å². The molecule has 0 spiro atoms. The maximum atomic E-state index is 13.0. The lowest BCUT2D eigenvalue weighted by Crippen LogP contribution is -2.22. The van der Waals surface area contributed by atoms with Crippen LogP contribution < -0.4 is 5.69 Å². The Morgan fingerprint density at radius 1 is 0.967 bits per heavy atom. The van der Waals surface area contributed by atoms with Crippen LogP contribution in [0.3, 0.4) is 0 Å². The number of ketones is 1. The van der Waals surface area contributed by atoms with E-state index in [0.717, 1.165) is 16.6 Å².